The second kappa shape index (κ2) is 9.50. The van der Waals surface area contributed by atoms with Crippen LogP contribution >= 0.6 is 11.6 Å². The van der Waals surface area contributed by atoms with Crippen molar-refractivity contribution >= 4 is 33.2 Å². The molecule has 1 aliphatic rings. The Balaban J connectivity index is 1.78. The van der Waals surface area contributed by atoms with E-state index in [2.05, 4.69) is 15.3 Å². The van der Waals surface area contributed by atoms with E-state index in [1.54, 1.807) is 36.1 Å². The van der Waals surface area contributed by atoms with E-state index in [1.165, 1.54) is 18.5 Å². The van der Waals surface area contributed by atoms with Gasteiger partial charge in [-0.1, -0.05) is 35.9 Å². The molecule has 11 heteroatoms. The molecule has 0 saturated carbocycles. The molecule has 1 aliphatic heterocycles. The van der Waals surface area contributed by atoms with E-state index in [1.807, 2.05) is 0 Å². The van der Waals surface area contributed by atoms with Crippen LogP contribution in [0.15, 0.2) is 48.1 Å². The highest BCUT2D eigenvalue weighted by molar-refractivity contribution is 7.93. The van der Waals surface area contributed by atoms with Crippen LogP contribution < -0.4 is 10.2 Å². The fourth-order valence-electron chi connectivity index (χ4n) is 3.41. The van der Waals surface area contributed by atoms with E-state index < -0.39 is 40.2 Å². The van der Waals surface area contributed by atoms with Crippen molar-refractivity contribution in [2.45, 2.75) is 37.8 Å². The standard InChI is InChI=1S/C21H23ClF2N4O3S/c1-14(7-10-32(2,30)31)27-20(29)17-12-26-19(13-25-17)28-9-8-21(23,24)11-18(28)15-5-3-4-6-16(15)22/h3-7,10,12-14,18H,8-9,11H2,1-2H3,(H,27,29)/b10-7+/t14-,18?/m1/s1. The molecule has 2 aromatic rings. The third-order valence-corrected chi connectivity index (χ3v) is 5.98. The number of aromatic nitrogens is 2. The van der Waals surface area contributed by atoms with Crippen LogP contribution in [0.2, 0.25) is 5.02 Å². The van der Waals surface area contributed by atoms with Gasteiger partial charge in [0.2, 0.25) is 0 Å². The van der Waals surface area contributed by atoms with Crippen LogP contribution in [0.5, 0.6) is 0 Å². The molecule has 0 aliphatic carbocycles. The van der Waals surface area contributed by atoms with Crippen LogP contribution in [0, 0.1) is 0 Å². The number of amides is 1. The first-order valence-corrected chi connectivity index (χ1v) is 12.2. The highest BCUT2D eigenvalue weighted by atomic mass is 35.5. The number of halogens is 3. The number of carbonyl (C=O) groups excluding carboxylic acids is 1. The Bertz CT molecular complexity index is 1110. The minimum atomic E-state index is -3.31. The minimum absolute atomic E-state index is 0.0185. The van der Waals surface area contributed by atoms with Gasteiger partial charge in [0.1, 0.15) is 11.5 Å². The van der Waals surface area contributed by atoms with Crippen molar-refractivity contribution in [2.24, 2.45) is 0 Å². The molecule has 172 valence electrons. The molecule has 3 rings (SSSR count). The van der Waals surface area contributed by atoms with Gasteiger partial charge < -0.3 is 10.2 Å². The summed E-state index contributed by atoms with van der Waals surface area (Å²) in [5.74, 6) is -3.02. The van der Waals surface area contributed by atoms with E-state index >= 15 is 0 Å². The van der Waals surface area contributed by atoms with Crippen molar-refractivity contribution in [1.29, 1.82) is 0 Å². The Kier molecular flexibility index (Phi) is 7.14. The number of hydrogen-bond acceptors (Lipinski definition) is 6. The van der Waals surface area contributed by atoms with Gasteiger partial charge in [0.15, 0.2) is 9.84 Å². The van der Waals surface area contributed by atoms with Gasteiger partial charge in [0.25, 0.3) is 11.8 Å². The number of rotatable bonds is 6. The summed E-state index contributed by atoms with van der Waals surface area (Å²) in [7, 11) is -3.31. The average molecular weight is 485 g/mol. The average Bonchev–Trinajstić information content (AvgIpc) is 2.72. The van der Waals surface area contributed by atoms with Gasteiger partial charge >= 0.3 is 0 Å². The van der Waals surface area contributed by atoms with E-state index in [4.69, 9.17) is 11.6 Å². The maximum absolute atomic E-state index is 14.2. The molecule has 1 aromatic carbocycles. The number of benzene rings is 1. The monoisotopic (exact) mass is 484 g/mol. The molecular weight excluding hydrogens is 462 g/mol. The summed E-state index contributed by atoms with van der Waals surface area (Å²) in [6.45, 7) is 1.67. The van der Waals surface area contributed by atoms with Gasteiger partial charge in [-0.05, 0) is 18.6 Å². The number of piperidine rings is 1. The highest BCUT2D eigenvalue weighted by Crippen LogP contribution is 2.43. The maximum atomic E-state index is 14.2. The van der Waals surface area contributed by atoms with E-state index in [-0.39, 0.29) is 18.7 Å². The van der Waals surface area contributed by atoms with Crippen molar-refractivity contribution in [2.75, 3.05) is 17.7 Å². The van der Waals surface area contributed by atoms with Crippen LogP contribution in [0.3, 0.4) is 0 Å². The van der Waals surface area contributed by atoms with E-state index in [9.17, 15) is 22.0 Å². The molecular formula is C21H23ClF2N4O3S. The fraction of sp³-hybridized carbons (Fsp3) is 0.381. The zero-order valence-electron chi connectivity index (χ0n) is 17.5. The molecule has 0 radical (unpaired) electrons. The topological polar surface area (TPSA) is 92.3 Å². The summed E-state index contributed by atoms with van der Waals surface area (Å²) in [6.07, 6.45) is 4.27. The number of hydrogen-bond donors (Lipinski definition) is 1. The number of nitrogens with zero attached hydrogens (tertiary/aromatic N) is 3. The Morgan fingerprint density at radius 2 is 2.03 bits per heavy atom. The smallest absolute Gasteiger partial charge is 0.271 e. The quantitative estimate of drug-likeness (QED) is 0.670. The molecule has 1 unspecified atom stereocenters. The highest BCUT2D eigenvalue weighted by Gasteiger charge is 2.42. The molecule has 32 heavy (non-hydrogen) atoms. The molecule has 1 saturated heterocycles. The molecule has 1 fully saturated rings. The lowest BCUT2D eigenvalue weighted by molar-refractivity contribution is -0.0343. The lowest BCUT2D eigenvalue weighted by Crippen LogP contribution is -2.42. The van der Waals surface area contributed by atoms with Crippen LogP contribution in [-0.4, -0.2) is 49.1 Å². The number of carbonyl (C=O) groups is 1. The lowest BCUT2D eigenvalue weighted by Gasteiger charge is -2.40. The van der Waals surface area contributed by atoms with Crippen molar-refractivity contribution in [3.8, 4) is 0 Å². The summed E-state index contributed by atoms with van der Waals surface area (Å²) in [5, 5.41) is 3.99. The maximum Gasteiger partial charge on any atom is 0.271 e. The SMILES string of the molecule is C[C@H](/C=C/S(C)(=O)=O)NC(=O)c1cnc(N2CCC(F)(F)CC2c2ccccc2Cl)cn1. The van der Waals surface area contributed by atoms with Crippen molar-refractivity contribution in [1.82, 2.24) is 15.3 Å². The van der Waals surface area contributed by atoms with Crippen molar-refractivity contribution in [3.63, 3.8) is 0 Å². The van der Waals surface area contributed by atoms with Crippen LogP contribution in [0.1, 0.15) is 41.9 Å². The third-order valence-electron chi connectivity index (χ3n) is 4.99. The Labute approximate surface area is 190 Å². The second-order valence-electron chi connectivity index (χ2n) is 7.72. The number of sulfone groups is 1. The largest absolute Gasteiger partial charge is 0.348 e. The Morgan fingerprint density at radius 3 is 2.66 bits per heavy atom. The number of anilines is 1. The predicted molar refractivity (Wildman–Crippen MR) is 119 cm³/mol. The molecule has 0 spiro atoms. The van der Waals surface area contributed by atoms with E-state index in [0.717, 1.165) is 11.7 Å². The lowest BCUT2D eigenvalue weighted by atomic mass is 9.92. The third kappa shape index (κ3) is 6.23. The van der Waals surface area contributed by atoms with Gasteiger partial charge in [-0.2, -0.15) is 0 Å². The van der Waals surface area contributed by atoms with Crippen molar-refractivity contribution in [3.05, 3.63) is 64.4 Å². The molecule has 2 atom stereocenters. The molecule has 2 heterocycles. The number of alkyl halides is 2. The van der Waals surface area contributed by atoms with Gasteiger partial charge in [0, 0.05) is 42.1 Å². The molecule has 1 amide bonds. The fourth-order valence-corrected chi connectivity index (χ4v) is 4.19. The van der Waals surface area contributed by atoms with Gasteiger partial charge in [-0.3, -0.25) is 4.79 Å². The summed E-state index contributed by atoms with van der Waals surface area (Å²) >= 11 is 6.27. The first-order valence-electron chi connectivity index (χ1n) is 9.85. The predicted octanol–water partition coefficient (Wildman–Crippen LogP) is 3.78. The summed E-state index contributed by atoms with van der Waals surface area (Å²) in [6, 6.07) is 5.60. The van der Waals surface area contributed by atoms with Crippen LogP contribution in [-0.2, 0) is 9.84 Å². The molecule has 1 N–H and O–H groups in total. The molecule has 0 bridgehead atoms. The summed E-state index contributed by atoms with van der Waals surface area (Å²) < 4.78 is 50.7. The van der Waals surface area contributed by atoms with Gasteiger partial charge in [0.05, 0.1) is 18.4 Å². The second-order valence-corrected chi connectivity index (χ2v) is 10.1. The van der Waals surface area contributed by atoms with Crippen molar-refractivity contribution < 1.29 is 22.0 Å². The van der Waals surface area contributed by atoms with E-state index in [0.29, 0.717) is 16.4 Å². The number of nitrogens with one attached hydrogen (secondary N) is 1. The van der Waals surface area contributed by atoms with Gasteiger partial charge in [-0.25, -0.2) is 27.2 Å². The molecule has 7 nitrogen and oxygen atoms in total. The minimum Gasteiger partial charge on any atom is -0.348 e. The Morgan fingerprint density at radius 1 is 1.31 bits per heavy atom. The zero-order valence-corrected chi connectivity index (χ0v) is 19.1. The van der Waals surface area contributed by atoms with Gasteiger partial charge in [-0.15, -0.1) is 0 Å². The summed E-state index contributed by atoms with van der Waals surface area (Å²) in [5.41, 5.74) is 0.591. The Hall–Kier alpha value is -2.59. The first kappa shape index (κ1) is 24.1. The van der Waals surface area contributed by atoms with Crippen LogP contribution in [0.4, 0.5) is 14.6 Å². The van der Waals surface area contributed by atoms with Crippen LogP contribution in [0.25, 0.3) is 0 Å². The normalized spacial score (nSPS) is 19.7. The summed E-state index contributed by atoms with van der Waals surface area (Å²) in [4.78, 5) is 22.5. The first-order chi connectivity index (χ1) is 15.0. The zero-order chi connectivity index (χ0) is 23.5. The molecule has 1 aromatic heterocycles.